The van der Waals surface area contributed by atoms with Gasteiger partial charge in [-0.25, -0.2) is 5.10 Å². The summed E-state index contributed by atoms with van der Waals surface area (Å²) in [6, 6.07) is 7.05. The highest BCUT2D eigenvalue weighted by Crippen LogP contribution is 2.33. The molecule has 1 aromatic carbocycles. The van der Waals surface area contributed by atoms with E-state index in [1.807, 2.05) is 24.2 Å². The van der Waals surface area contributed by atoms with Crippen LogP contribution < -0.4 is 5.56 Å². The standard InChI is InChI=1S/C17H17N5O2/c1-21-10-11(9-18-21)14-7-4-8-22(14)17(24)15-12-5-2-3-6-13(12)16(23)20-19-15/h2-3,5-6,9-10,14H,4,7-8H2,1H3,(H,20,23)/t14-/m0/s1. The minimum absolute atomic E-state index is 0.00121. The molecule has 0 saturated carbocycles. The lowest BCUT2D eigenvalue weighted by molar-refractivity contribution is 0.0730. The van der Waals surface area contributed by atoms with Crippen molar-refractivity contribution in [3.8, 4) is 0 Å². The maximum absolute atomic E-state index is 13.1. The predicted octanol–water partition coefficient (Wildman–Crippen LogP) is 1.63. The molecule has 7 heteroatoms. The first-order valence-corrected chi connectivity index (χ1v) is 7.92. The number of carbonyl (C=O) groups is 1. The fourth-order valence-corrected chi connectivity index (χ4v) is 3.38. The van der Waals surface area contributed by atoms with Gasteiger partial charge in [-0.1, -0.05) is 18.2 Å². The first-order chi connectivity index (χ1) is 11.6. The fourth-order valence-electron chi connectivity index (χ4n) is 3.38. The van der Waals surface area contributed by atoms with Gasteiger partial charge >= 0.3 is 0 Å². The number of H-pyrrole nitrogens is 1. The molecule has 1 fully saturated rings. The number of fused-ring (bicyclic) bond motifs is 1. The number of aromatic nitrogens is 4. The van der Waals surface area contributed by atoms with Crippen molar-refractivity contribution in [2.24, 2.45) is 7.05 Å². The molecule has 2 aromatic heterocycles. The summed E-state index contributed by atoms with van der Waals surface area (Å²) in [4.78, 5) is 26.8. The molecular weight excluding hydrogens is 306 g/mol. The molecule has 1 saturated heterocycles. The van der Waals surface area contributed by atoms with E-state index in [9.17, 15) is 9.59 Å². The summed E-state index contributed by atoms with van der Waals surface area (Å²) in [5, 5.41) is 11.7. The predicted molar refractivity (Wildman–Crippen MR) is 88.6 cm³/mol. The Morgan fingerprint density at radius 3 is 2.83 bits per heavy atom. The van der Waals surface area contributed by atoms with Crippen LogP contribution in [0.2, 0.25) is 0 Å². The highest BCUT2D eigenvalue weighted by Gasteiger charge is 2.33. The Kier molecular flexibility index (Phi) is 3.41. The third-order valence-electron chi connectivity index (χ3n) is 4.52. The lowest BCUT2D eigenvalue weighted by atomic mass is 10.1. The number of likely N-dealkylation sites (tertiary alicyclic amines) is 1. The summed E-state index contributed by atoms with van der Waals surface area (Å²) in [5.74, 6) is -0.159. The second-order valence-electron chi connectivity index (χ2n) is 6.05. The molecule has 24 heavy (non-hydrogen) atoms. The van der Waals surface area contributed by atoms with Crippen LogP contribution >= 0.6 is 0 Å². The van der Waals surface area contributed by atoms with Crippen molar-refractivity contribution in [1.29, 1.82) is 0 Å². The number of hydrogen-bond donors (Lipinski definition) is 1. The van der Waals surface area contributed by atoms with Crippen LogP contribution in [0.5, 0.6) is 0 Å². The van der Waals surface area contributed by atoms with Crippen molar-refractivity contribution in [3.05, 3.63) is 58.3 Å². The number of rotatable bonds is 2. The SMILES string of the molecule is Cn1cc([C@@H]2CCCN2C(=O)c2n[nH]c(=O)c3ccccc23)cn1. The second-order valence-corrected chi connectivity index (χ2v) is 6.05. The number of amides is 1. The summed E-state index contributed by atoms with van der Waals surface area (Å²) >= 11 is 0. The van der Waals surface area contributed by atoms with E-state index in [0.717, 1.165) is 18.4 Å². The number of aryl methyl sites for hydroxylation is 1. The molecule has 7 nitrogen and oxygen atoms in total. The van der Waals surface area contributed by atoms with Gasteiger partial charge in [0.15, 0.2) is 5.69 Å². The zero-order valence-corrected chi connectivity index (χ0v) is 13.3. The lowest BCUT2D eigenvalue weighted by Gasteiger charge is -2.23. The third-order valence-corrected chi connectivity index (χ3v) is 4.52. The zero-order chi connectivity index (χ0) is 16.7. The van der Waals surface area contributed by atoms with E-state index in [1.54, 1.807) is 29.1 Å². The second kappa shape index (κ2) is 5.59. The van der Waals surface area contributed by atoms with Crippen LogP contribution in [0.25, 0.3) is 10.8 Å². The molecule has 3 heterocycles. The highest BCUT2D eigenvalue weighted by molar-refractivity contribution is 6.04. The quantitative estimate of drug-likeness (QED) is 0.777. The molecule has 1 N–H and O–H groups in total. The Balaban J connectivity index is 1.76. The van der Waals surface area contributed by atoms with Crippen LogP contribution in [0.4, 0.5) is 0 Å². The van der Waals surface area contributed by atoms with Gasteiger partial charge in [0.1, 0.15) is 0 Å². The molecule has 1 aliphatic rings. The van der Waals surface area contributed by atoms with Crippen LogP contribution in [0.3, 0.4) is 0 Å². The number of aromatic amines is 1. The molecule has 4 rings (SSSR count). The Bertz CT molecular complexity index is 974. The van der Waals surface area contributed by atoms with Crippen molar-refractivity contribution in [3.63, 3.8) is 0 Å². The van der Waals surface area contributed by atoms with Crippen LogP contribution in [0, 0.1) is 0 Å². The minimum atomic E-state index is -0.285. The van der Waals surface area contributed by atoms with E-state index >= 15 is 0 Å². The maximum atomic E-state index is 13.1. The monoisotopic (exact) mass is 323 g/mol. The summed E-state index contributed by atoms with van der Waals surface area (Å²) in [6.45, 7) is 0.674. The maximum Gasteiger partial charge on any atom is 0.275 e. The molecular formula is C17H17N5O2. The number of benzene rings is 1. The average Bonchev–Trinajstić information content (AvgIpc) is 3.23. The number of nitrogens with one attached hydrogen (secondary N) is 1. The molecule has 0 radical (unpaired) electrons. The smallest absolute Gasteiger partial charge is 0.275 e. The van der Waals surface area contributed by atoms with Crippen LogP contribution in [0.1, 0.15) is 34.9 Å². The Morgan fingerprint density at radius 1 is 1.29 bits per heavy atom. The molecule has 0 unspecified atom stereocenters. The molecule has 1 amide bonds. The van der Waals surface area contributed by atoms with Crippen molar-refractivity contribution < 1.29 is 4.79 Å². The van der Waals surface area contributed by atoms with E-state index < -0.39 is 0 Å². The zero-order valence-electron chi connectivity index (χ0n) is 13.3. The van der Waals surface area contributed by atoms with Gasteiger partial charge in [0.25, 0.3) is 11.5 Å². The highest BCUT2D eigenvalue weighted by atomic mass is 16.2. The van der Waals surface area contributed by atoms with Gasteiger partial charge in [0, 0.05) is 30.7 Å². The summed E-state index contributed by atoms with van der Waals surface area (Å²) < 4.78 is 1.74. The van der Waals surface area contributed by atoms with E-state index in [0.29, 0.717) is 23.0 Å². The number of hydrogen-bond acceptors (Lipinski definition) is 4. The minimum Gasteiger partial charge on any atom is -0.330 e. The number of nitrogens with zero attached hydrogens (tertiary/aromatic N) is 4. The first-order valence-electron chi connectivity index (χ1n) is 7.92. The topological polar surface area (TPSA) is 83.9 Å². The molecule has 0 bridgehead atoms. The Hall–Kier alpha value is -2.96. The molecule has 122 valence electrons. The van der Waals surface area contributed by atoms with Crippen LogP contribution in [0.15, 0.2) is 41.5 Å². The normalized spacial score (nSPS) is 17.5. The van der Waals surface area contributed by atoms with Crippen molar-refractivity contribution >= 4 is 16.7 Å². The molecule has 3 aromatic rings. The van der Waals surface area contributed by atoms with E-state index in [4.69, 9.17) is 0 Å². The van der Waals surface area contributed by atoms with Crippen LogP contribution in [-0.2, 0) is 7.05 Å². The van der Waals surface area contributed by atoms with Gasteiger partial charge in [-0.15, -0.1) is 0 Å². The van der Waals surface area contributed by atoms with Crippen LogP contribution in [-0.4, -0.2) is 37.3 Å². The van der Waals surface area contributed by atoms with Gasteiger partial charge in [-0.3, -0.25) is 14.3 Å². The van der Waals surface area contributed by atoms with Crippen molar-refractivity contribution in [1.82, 2.24) is 24.9 Å². The largest absolute Gasteiger partial charge is 0.330 e. The summed E-state index contributed by atoms with van der Waals surface area (Å²) in [6.07, 6.45) is 5.58. The lowest BCUT2D eigenvalue weighted by Crippen LogP contribution is -2.32. The van der Waals surface area contributed by atoms with E-state index in [2.05, 4.69) is 15.3 Å². The third kappa shape index (κ3) is 2.29. The Labute approximate surface area is 137 Å². The van der Waals surface area contributed by atoms with Gasteiger partial charge in [-0.05, 0) is 18.9 Å². The van der Waals surface area contributed by atoms with Gasteiger partial charge in [-0.2, -0.15) is 10.2 Å². The molecule has 0 spiro atoms. The van der Waals surface area contributed by atoms with Gasteiger partial charge < -0.3 is 4.90 Å². The van der Waals surface area contributed by atoms with E-state index in [-0.39, 0.29) is 17.5 Å². The fraction of sp³-hybridized carbons (Fsp3) is 0.294. The Morgan fingerprint density at radius 2 is 2.08 bits per heavy atom. The van der Waals surface area contributed by atoms with Crippen molar-refractivity contribution in [2.75, 3.05) is 6.54 Å². The molecule has 1 atom stereocenters. The molecule has 1 aliphatic heterocycles. The summed E-state index contributed by atoms with van der Waals surface area (Å²) in [5.41, 5.74) is 1.03. The van der Waals surface area contributed by atoms with Gasteiger partial charge in [0.2, 0.25) is 0 Å². The van der Waals surface area contributed by atoms with E-state index in [1.165, 1.54) is 0 Å². The first kappa shape index (κ1) is 14.6. The number of carbonyl (C=O) groups excluding carboxylic acids is 1. The van der Waals surface area contributed by atoms with Crippen molar-refractivity contribution in [2.45, 2.75) is 18.9 Å². The molecule has 0 aliphatic carbocycles. The summed E-state index contributed by atoms with van der Waals surface area (Å²) in [7, 11) is 1.86. The average molecular weight is 323 g/mol. The van der Waals surface area contributed by atoms with Gasteiger partial charge in [0.05, 0.1) is 17.6 Å².